The maximum Gasteiger partial charge on any atom is 0.246 e. The molecule has 1 aromatic rings. The molecule has 0 spiro atoms. The predicted octanol–water partition coefficient (Wildman–Crippen LogP) is 6.14. The normalized spacial score (nSPS) is 43.7. The van der Waals surface area contributed by atoms with Gasteiger partial charge >= 0.3 is 0 Å². The highest BCUT2D eigenvalue weighted by atomic mass is 35.5. The van der Waals surface area contributed by atoms with Crippen LogP contribution in [0.2, 0.25) is 5.02 Å². The van der Waals surface area contributed by atoms with E-state index in [1.54, 1.807) is 0 Å². The number of carbonyl (C=O) groups excluding carboxylic acids is 1. The van der Waals surface area contributed by atoms with E-state index in [1.807, 2.05) is 25.3 Å². The number of hydrogen-bond donors (Lipinski definition) is 0. The molecule has 3 saturated carbocycles. The summed E-state index contributed by atoms with van der Waals surface area (Å²) in [6.07, 6.45) is 13.4. The molecule has 3 fully saturated rings. The Hall–Kier alpha value is -1.28. The first-order chi connectivity index (χ1) is 13.8. The summed E-state index contributed by atoms with van der Waals surface area (Å²) >= 11 is 6.13. The van der Waals surface area contributed by atoms with Gasteiger partial charge in [-0.2, -0.15) is 0 Å². The number of likely N-dealkylation sites (N-methyl/N-ethyl adjacent to an activating group) is 1. The number of hydrogen-bond acceptors (Lipinski definition) is 1. The monoisotopic (exact) mass is 411 g/mol. The van der Waals surface area contributed by atoms with Crippen LogP contribution in [-0.4, -0.2) is 23.9 Å². The lowest BCUT2D eigenvalue weighted by Gasteiger charge is -2.62. The van der Waals surface area contributed by atoms with Gasteiger partial charge in [0.15, 0.2) is 0 Å². The number of benzene rings is 1. The van der Waals surface area contributed by atoms with Gasteiger partial charge in [0.25, 0.3) is 0 Å². The van der Waals surface area contributed by atoms with Gasteiger partial charge in [0.2, 0.25) is 5.91 Å². The van der Waals surface area contributed by atoms with Crippen molar-refractivity contribution in [3.63, 3.8) is 0 Å². The number of halogens is 1. The summed E-state index contributed by atoms with van der Waals surface area (Å²) < 4.78 is 0. The Morgan fingerprint density at radius 2 is 1.86 bits per heavy atom. The molecule has 2 nitrogen and oxygen atoms in total. The Morgan fingerprint density at radius 1 is 1.10 bits per heavy atom. The SMILES string of the molecule is CN1C(=O)C=C[C@@]2(C)C1C(Cc1ccc(Cl)cc1)C[C@@H]1[C@H]2CC[C@]2(C)CCC[C@@H]12. The average molecular weight is 412 g/mol. The molecular weight excluding hydrogens is 378 g/mol. The highest BCUT2D eigenvalue weighted by molar-refractivity contribution is 6.30. The molecule has 1 aliphatic heterocycles. The number of carbonyl (C=O) groups is 1. The van der Waals surface area contributed by atoms with Crippen LogP contribution in [0, 0.1) is 34.5 Å². The Kier molecular flexibility index (Phi) is 4.66. The highest BCUT2D eigenvalue weighted by Gasteiger charge is 2.60. The zero-order chi connectivity index (χ0) is 20.4. The lowest BCUT2D eigenvalue weighted by molar-refractivity contribution is -0.144. The van der Waals surface area contributed by atoms with Crippen LogP contribution >= 0.6 is 11.6 Å². The van der Waals surface area contributed by atoms with E-state index >= 15 is 0 Å². The van der Waals surface area contributed by atoms with Crippen LogP contribution in [0.3, 0.4) is 0 Å². The average Bonchev–Trinajstić information content (AvgIpc) is 3.09. The molecule has 0 saturated heterocycles. The van der Waals surface area contributed by atoms with E-state index in [9.17, 15) is 4.79 Å². The number of fused-ring (bicyclic) bond motifs is 5. The first-order valence-corrected chi connectivity index (χ1v) is 11.9. The van der Waals surface area contributed by atoms with Gasteiger partial charge in [0, 0.05) is 23.5 Å². The predicted molar refractivity (Wildman–Crippen MR) is 119 cm³/mol. The Balaban J connectivity index is 1.54. The molecule has 0 bridgehead atoms. The van der Waals surface area contributed by atoms with E-state index in [1.165, 1.54) is 44.1 Å². The van der Waals surface area contributed by atoms with Gasteiger partial charge in [-0.25, -0.2) is 0 Å². The molecule has 3 aliphatic carbocycles. The van der Waals surface area contributed by atoms with Gasteiger partial charge in [-0.3, -0.25) is 4.79 Å². The van der Waals surface area contributed by atoms with E-state index in [0.29, 0.717) is 23.3 Å². The molecule has 0 radical (unpaired) electrons. The lowest BCUT2D eigenvalue weighted by Crippen LogP contribution is -2.63. The number of rotatable bonds is 2. The molecule has 1 aromatic carbocycles. The minimum absolute atomic E-state index is 0.0899. The van der Waals surface area contributed by atoms with Crippen molar-refractivity contribution in [1.29, 1.82) is 0 Å². The van der Waals surface area contributed by atoms with Gasteiger partial charge in [-0.15, -0.1) is 0 Å². The molecule has 4 aliphatic rings. The summed E-state index contributed by atoms with van der Waals surface area (Å²) in [5.74, 6) is 3.04. The van der Waals surface area contributed by atoms with Crippen molar-refractivity contribution in [1.82, 2.24) is 4.90 Å². The van der Waals surface area contributed by atoms with Crippen LogP contribution in [-0.2, 0) is 11.2 Å². The smallest absolute Gasteiger partial charge is 0.246 e. The minimum atomic E-state index is 0.0899. The van der Waals surface area contributed by atoms with Crippen LogP contribution in [0.25, 0.3) is 0 Å². The first-order valence-electron chi connectivity index (χ1n) is 11.5. The van der Waals surface area contributed by atoms with Crippen molar-refractivity contribution in [2.75, 3.05) is 7.05 Å². The molecule has 5 rings (SSSR count). The fourth-order valence-corrected chi connectivity index (χ4v) is 8.29. The number of amides is 1. The van der Waals surface area contributed by atoms with Crippen LogP contribution in [0.1, 0.15) is 57.9 Å². The second kappa shape index (κ2) is 6.87. The quantitative estimate of drug-likeness (QED) is 0.572. The molecule has 1 amide bonds. The summed E-state index contributed by atoms with van der Waals surface area (Å²) in [5, 5.41) is 0.796. The number of nitrogens with zero attached hydrogens (tertiary/aromatic N) is 1. The van der Waals surface area contributed by atoms with Gasteiger partial charge in [0.05, 0.1) is 0 Å². The molecule has 1 heterocycles. The second-order valence-electron chi connectivity index (χ2n) is 10.9. The standard InChI is InChI=1S/C26H34ClNO/c1-25-12-4-5-21(25)20-16-18(15-17-6-8-19(27)9-7-17)24-26(2,22(20)10-13-25)14-11-23(29)28(24)3/h6-9,11,14,18,20-22,24H,4-5,10,12-13,15-16H2,1-3H3/t18?,20-,21-,22+,24?,25-,26+/m0/s1. The first kappa shape index (κ1) is 19.7. The van der Waals surface area contributed by atoms with Gasteiger partial charge in [-0.05, 0) is 91.4 Å². The summed E-state index contributed by atoms with van der Waals surface area (Å²) in [4.78, 5) is 14.7. The summed E-state index contributed by atoms with van der Waals surface area (Å²) in [5.41, 5.74) is 1.99. The summed E-state index contributed by atoms with van der Waals surface area (Å²) in [7, 11) is 2.03. The fraction of sp³-hybridized carbons (Fsp3) is 0.654. The molecule has 0 aromatic heterocycles. The maximum absolute atomic E-state index is 12.6. The Morgan fingerprint density at radius 3 is 2.62 bits per heavy atom. The lowest BCUT2D eigenvalue weighted by atomic mass is 9.46. The topological polar surface area (TPSA) is 20.3 Å². The van der Waals surface area contributed by atoms with Gasteiger partial charge in [0.1, 0.15) is 0 Å². The Bertz CT molecular complexity index is 832. The van der Waals surface area contributed by atoms with Crippen LogP contribution in [0.5, 0.6) is 0 Å². The van der Waals surface area contributed by atoms with E-state index in [2.05, 4.69) is 37.0 Å². The van der Waals surface area contributed by atoms with Crippen molar-refractivity contribution < 1.29 is 4.79 Å². The van der Waals surface area contributed by atoms with Crippen molar-refractivity contribution >= 4 is 17.5 Å². The fourth-order valence-electron chi connectivity index (χ4n) is 8.17. The maximum atomic E-state index is 12.6. The van der Waals surface area contributed by atoms with Crippen molar-refractivity contribution in [2.24, 2.45) is 34.5 Å². The zero-order valence-electron chi connectivity index (χ0n) is 18.0. The van der Waals surface area contributed by atoms with Crippen LogP contribution in [0.4, 0.5) is 0 Å². The molecule has 2 unspecified atom stereocenters. The third kappa shape index (κ3) is 3.00. The molecule has 3 heteroatoms. The third-order valence-electron chi connectivity index (χ3n) is 9.44. The van der Waals surface area contributed by atoms with E-state index in [0.717, 1.165) is 23.3 Å². The minimum Gasteiger partial charge on any atom is -0.338 e. The van der Waals surface area contributed by atoms with Crippen molar-refractivity contribution in [3.8, 4) is 0 Å². The zero-order valence-corrected chi connectivity index (χ0v) is 18.8. The van der Waals surface area contributed by atoms with Crippen LogP contribution in [0.15, 0.2) is 36.4 Å². The molecule has 0 N–H and O–H groups in total. The molecule has 7 atom stereocenters. The molecular formula is C26H34ClNO. The van der Waals surface area contributed by atoms with Gasteiger partial charge in [-0.1, -0.05) is 50.1 Å². The van der Waals surface area contributed by atoms with E-state index < -0.39 is 0 Å². The summed E-state index contributed by atoms with van der Waals surface area (Å²) in [6, 6.07) is 8.65. The largest absolute Gasteiger partial charge is 0.338 e. The second-order valence-corrected chi connectivity index (χ2v) is 11.3. The van der Waals surface area contributed by atoms with Crippen LogP contribution < -0.4 is 0 Å². The van der Waals surface area contributed by atoms with Gasteiger partial charge < -0.3 is 4.90 Å². The molecule has 156 valence electrons. The summed E-state index contributed by atoms with van der Waals surface area (Å²) in [6.45, 7) is 5.02. The Labute approximate surface area is 180 Å². The van der Waals surface area contributed by atoms with E-state index in [-0.39, 0.29) is 11.3 Å². The highest BCUT2D eigenvalue weighted by Crippen LogP contribution is 2.65. The molecule has 29 heavy (non-hydrogen) atoms. The third-order valence-corrected chi connectivity index (χ3v) is 9.69. The van der Waals surface area contributed by atoms with E-state index in [4.69, 9.17) is 11.6 Å². The van der Waals surface area contributed by atoms with Crippen molar-refractivity contribution in [2.45, 2.75) is 64.8 Å². The van der Waals surface area contributed by atoms with Crippen molar-refractivity contribution in [3.05, 3.63) is 47.0 Å².